The first-order valence-corrected chi connectivity index (χ1v) is 9.43. The molecule has 162 valence electrons. The molecule has 2 aromatic heterocycles. The van der Waals surface area contributed by atoms with Crippen LogP contribution in [-0.2, 0) is 16.1 Å². The van der Waals surface area contributed by atoms with Gasteiger partial charge in [0, 0.05) is 13.0 Å². The van der Waals surface area contributed by atoms with E-state index in [4.69, 9.17) is 19.6 Å². The Bertz CT molecular complexity index is 1020. The Morgan fingerprint density at radius 1 is 1.13 bits per heavy atom. The molecular formula is C20H22N6O5. The Balaban J connectivity index is 1.46. The van der Waals surface area contributed by atoms with Gasteiger partial charge in [-0.2, -0.15) is 15.0 Å². The number of nitrogens with one attached hydrogen (secondary N) is 2. The fourth-order valence-electron chi connectivity index (χ4n) is 2.57. The molecule has 0 aliphatic carbocycles. The normalized spacial score (nSPS) is 10.4. The maximum absolute atomic E-state index is 11.9. The zero-order chi connectivity index (χ0) is 22.1. The zero-order valence-electron chi connectivity index (χ0n) is 16.8. The number of rotatable bonds is 10. The van der Waals surface area contributed by atoms with Crippen LogP contribution in [0, 0.1) is 0 Å². The van der Waals surface area contributed by atoms with Crippen molar-refractivity contribution in [3.8, 4) is 5.75 Å². The van der Waals surface area contributed by atoms with Crippen LogP contribution in [0.15, 0.2) is 47.1 Å². The zero-order valence-corrected chi connectivity index (χ0v) is 16.8. The van der Waals surface area contributed by atoms with Crippen molar-refractivity contribution >= 4 is 29.5 Å². The Morgan fingerprint density at radius 2 is 1.97 bits per heavy atom. The molecule has 0 radical (unpaired) electrons. The van der Waals surface area contributed by atoms with E-state index in [1.807, 2.05) is 12.1 Å². The maximum Gasteiger partial charge on any atom is 0.306 e. The second-order valence-electron chi connectivity index (χ2n) is 6.26. The third kappa shape index (κ3) is 6.42. The van der Waals surface area contributed by atoms with Crippen LogP contribution in [0.1, 0.15) is 29.2 Å². The van der Waals surface area contributed by atoms with Gasteiger partial charge in [-0.05, 0) is 30.7 Å². The summed E-state index contributed by atoms with van der Waals surface area (Å²) in [6, 6.07) is 10.4. The first kappa shape index (κ1) is 21.6. The topological polar surface area (TPSA) is 154 Å². The third-order valence-corrected chi connectivity index (χ3v) is 4.00. The first-order valence-electron chi connectivity index (χ1n) is 9.43. The molecule has 0 spiro atoms. The molecule has 0 saturated carbocycles. The van der Waals surface area contributed by atoms with E-state index in [0.29, 0.717) is 24.4 Å². The number of furan rings is 1. The summed E-state index contributed by atoms with van der Waals surface area (Å²) in [5.74, 6) is 0.410. The average molecular weight is 426 g/mol. The van der Waals surface area contributed by atoms with E-state index in [-0.39, 0.29) is 42.4 Å². The van der Waals surface area contributed by atoms with Gasteiger partial charge in [0.05, 0.1) is 19.1 Å². The summed E-state index contributed by atoms with van der Waals surface area (Å²) < 4.78 is 15.4. The highest BCUT2D eigenvalue weighted by Gasteiger charge is 2.11. The number of aromatic nitrogens is 3. The number of amides is 1. The molecule has 0 aliphatic heterocycles. The lowest BCUT2D eigenvalue weighted by molar-refractivity contribution is -0.145. The van der Waals surface area contributed by atoms with Gasteiger partial charge in [-0.3, -0.25) is 9.59 Å². The minimum absolute atomic E-state index is 0.0147. The Morgan fingerprint density at radius 3 is 2.74 bits per heavy atom. The predicted molar refractivity (Wildman–Crippen MR) is 111 cm³/mol. The molecule has 4 N–H and O–H groups in total. The molecule has 0 fully saturated rings. The number of methoxy groups -OCH3 is 1. The van der Waals surface area contributed by atoms with Crippen LogP contribution < -0.4 is 21.1 Å². The Kier molecular flexibility index (Phi) is 7.35. The van der Waals surface area contributed by atoms with E-state index in [2.05, 4.69) is 25.6 Å². The van der Waals surface area contributed by atoms with Gasteiger partial charge in [0.2, 0.25) is 11.9 Å². The van der Waals surface area contributed by atoms with Gasteiger partial charge < -0.3 is 30.3 Å². The van der Waals surface area contributed by atoms with Gasteiger partial charge >= 0.3 is 5.97 Å². The van der Waals surface area contributed by atoms with Crippen LogP contribution in [0.4, 0.5) is 17.6 Å². The van der Waals surface area contributed by atoms with Crippen LogP contribution >= 0.6 is 0 Å². The van der Waals surface area contributed by atoms with E-state index in [0.717, 1.165) is 0 Å². The van der Waals surface area contributed by atoms with Crippen LogP contribution in [0.2, 0.25) is 0 Å². The molecule has 1 amide bonds. The van der Waals surface area contributed by atoms with E-state index in [1.54, 1.807) is 31.4 Å². The van der Waals surface area contributed by atoms with Gasteiger partial charge in [0.25, 0.3) is 5.91 Å². The number of esters is 1. The van der Waals surface area contributed by atoms with Crippen molar-refractivity contribution in [3.05, 3.63) is 54.2 Å². The number of benzene rings is 1. The summed E-state index contributed by atoms with van der Waals surface area (Å²) in [6.07, 6.45) is 1.94. The van der Waals surface area contributed by atoms with E-state index < -0.39 is 5.97 Å². The molecular weight excluding hydrogens is 404 g/mol. The molecule has 31 heavy (non-hydrogen) atoms. The van der Waals surface area contributed by atoms with Gasteiger partial charge in [-0.15, -0.1) is 0 Å². The van der Waals surface area contributed by atoms with Crippen molar-refractivity contribution in [2.24, 2.45) is 0 Å². The van der Waals surface area contributed by atoms with Gasteiger partial charge in [0.15, 0.2) is 18.2 Å². The Labute approximate surface area is 178 Å². The van der Waals surface area contributed by atoms with Gasteiger partial charge in [-0.25, -0.2) is 0 Å². The SMILES string of the molecule is COc1ccccc1Nc1nc(N)nc(COC(=O)CCCNC(=O)c2ccco2)n1. The molecule has 0 unspecified atom stereocenters. The molecule has 0 aliphatic rings. The monoisotopic (exact) mass is 426 g/mol. The highest BCUT2D eigenvalue weighted by Crippen LogP contribution is 2.25. The van der Waals surface area contributed by atoms with Gasteiger partial charge in [0.1, 0.15) is 5.75 Å². The third-order valence-electron chi connectivity index (χ3n) is 4.00. The number of nitrogens with two attached hydrogens (primary N) is 1. The first-order chi connectivity index (χ1) is 15.0. The number of para-hydroxylation sites is 2. The van der Waals surface area contributed by atoms with E-state index in [1.165, 1.54) is 6.26 Å². The van der Waals surface area contributed by atoms with Crippen LogP contribution in [0.3, 0.4) is 0 Å². The van der Waals surface area contributed by atoms with Crippen LogP contribution in [-0.4, -0.2) is 40.5 Å². The number of nitrogen functional groups attached to an aromatic ring is 1. The lowest BCUT2D eigenvalue weighted by atomic mass is 10.3. The van der Waals surface area contributed by atoms with Crippen LogP contribution in [0.25, 0.3) is 0 Å². The van der Waals surface area contributed by atoms with Crippen molar-refractivity contribution in [2.45, 2.75) is 19.4 Å². The fourth-order valence-corrected chi connectivity index (χ4v) is 2.57. The largest absolute Gasteiger partial charge is 0.495 e. The Hall–Kier alpha value is -4.15. The lowest BCUT2D eigenvalue weighted by Crippen LogP contribution is -2.24. The molecule has 2 heterocycles. The number of hydrogen-bond donors (Lipinski definition) is 3. The smallest absolute Gasteiger partial charge is 0.306 e. The van der Waals surface area contributed by atoms with Crippen molar-refractivity contribution < 1.29 is 23.5 Å². The quantitative estimate of drug-likeness (QED) is 0.324. The van der Waals surface area contributed by atoms with Crippen molar-refractivity contribution in [1.82, 2.24) is 20.3 Å². The minimum atomic E-state index is -0.453. The van der Waals surface area contributed by atoms with E-state index in [9.17, 15) is 9.59 Å². The number of anilines is 3. The number of hydrogen-bond acceptors (Lipinski definition) is 10. The van der Waals surface area contributed by atoms with Crippen molar-refractivity contribution in [1.29, 1.82) is 0 Å². The summed E-state index contributed by atoms with van der Waals surface area (Å²) >= 11 is 0. The van der Waals surface area contributed by atoms with Crippen LogP contribution in [0.5, 0.6) is 5.75 Å². The van der Waals surface area contributed by atoms with Crippen molar-refractivity contribution in [3.63, 3.8) is 0 Å². The summed E-state index contributed by atoms with van der Waals surface area (Å²) in [7, 11) is 1.55. The molecule has 0 atom stereocenters. The van der Waals surface area contributed by atoms with Gasteiger partial charge in [-0.1, -0.05) is 12.1 Å². The minimum Gasteiger partial charge on any atom is -0.495 e. The van der Waals surface area contributed by atoms with E-state index >= 15 is 0 Å². The standard InChI is InChI=1S/C20H22N6O5/c1-29-14-7-3-2-6-13(14)23-20-25-16(24-19(21)26-20)12-31-17(27)9-4-10-22-18(28)15-8-5-11-30-15/h2-3,5-8,11H,4,9-10,12H2,1H3,(H,22,28)(H3,21,23,24,25,26). The second-order valence-corrected chi connectivity index (χ2v) is 6.26. The highest BCUT2D eigenvalue weighted by molar-refractivity contribution is 5.91. The molecule has 3 rings (SSSR count). The summed E-state index contributed by atoms with van der Waals surface area (Å²) in [4.78, 5) is 35.9. The number of ether oxygens (including phenoxy) is 2. The second kappa shape index (κ2) is 10.6. The summed E-state index contributed by atoms with van der Waals surface area (Å²) in [6.45, 7) is 0.144. The number of nitrogens with zero attached hydrogens (tertiary/aromatic N) is 3. The molecule has 1 aromatic carbocycles. The molecule has 0 bridgehead atoms. The molecule has 0 saturated heterocycles. The molecule has 3 aromatic rings. The number of carbonyl (C=O) groups is 2. The maximum atomic E-state index is 11.9. The summed E-state index contributed by atoms with van der Waals surface area (Å²) in [5, 5.41) is 5.65. The average Bonchev–Trinajstić information content (AvgIpc) is 3.30. The fraction of sp³-hybridized carbons (Fsp3) is 0.250. The highest BCUT2D eigenvalue weighted by atomic mass is 16.5. The lowest BCUT2D eigenvalue weighted by Gasteiger charge is -2.11. The number of carbonyl (C=O) groups excluding carboxylic acids is 2. The predicted octanol–water partition coefficient (Wildman–Crippen LogP) is 2.05. The van der Waals surface area contributed by atoms with Crippen molar-refractivity contribution in [2.75, 3.05) is 24.7 Å². The molecule has 11 heteroatoms. The summed E-state index contributed by atoms with van der Waals surface area (Å²) in [5.41, 5.74) is 6.38. The molecule has 11 nitrogen and oxygen atoms in total.